The summed E-state index contributed by atoms with van der Waals surface area (Å²) in [6, 6.07) is 13.0. The van der Waals surface area contributed by atoms with Gasteiger partial charge in [0, 0.05) is 12.8 Å². The van der Waals surface area contributed by atoms with E-state index in [9.17, 15) is 16.8 Å². The zero-order chi connectivity index (χ0) is 18.4. The summed E-state index contributed by atoms with van der Waals surface area (Å²) in [5.74, 6) is 0.480. The van der Waals surface area contributed by atoms with E-state index >= 15 is 0 Å². The van der Waals surface area contributed by atoms with Crippen LogP contribution in [-0.4, -0.2) is 28.5 Å². The van der Waals surface area contributed by atoms with Crippen molar-refractivity contribution in [3.05, 3.63) is 48.5 Å². The Morgan fingerprint density at radius 2 is 1.04 bits per heavy atom. The Morgan fingerprint density at radius 1 is 0.654 bits per heavy atom. The second-order valence-corrected chi connectivity index (χ2v) is 8.91. The van der Waals surface area contributed by atoms with Crippen LogP contribution in [0.4, 0.5) is 11.4 Å². The Morgan fingerprint density at radius 3 is 1.46 bits per heavy atom. The molecule has 2 aromatic rings. The molecule has 4 rings (SSSR count). The van der Waals surface area contributed by atoms with Crippen LogP contribution in [0.2, 0.25) is 0 Å². The first kappa shape index (κ1) is 16.7. The van der Waals surface area contributed by atoms with Gasteiger partial charge in [0.15, 0.2) is 0 Å². The summed E-state index contributed by atoms with van der Waals surface area (Å²) in [6.07, 6.45) is 0.383. The SMILES string of the molecule is O=S1(=O)N=C(CCC2=NS(=O)(=O)c3ccccc3N2)Nc2ccccc21. The Labute approximate surface area is 150 Å². The number of fused-ring (bicyclic) bond motifs is 2. The minimum absolute atomic E-state index is 0.119. The zero-order valence-electron chi connectivity index (χ0n) is 13.4. The Hall–Kier alpha value is -2.72. The molecule has 2 aromatic carbocycles. The van der Waals surface area contributed by atoms with Crippen LogP contribution in [-0.2, 0) is 20.0 Å². The van der Waals surface area contributed by atoms with Crippen molar-refractivity contribution in [3.8, 4) is 0 Å². The molecule has 0 saturated carbocycles. The minimum Gasteiger partial charge on any atom is -0.342 e. The number of hydrogen-bond donors (Lipinski definition) is 2. The number of para-hydroxylation sites is 2. The van der Waals surface area contributed by atoms with Gasteiger partial charge in [-0.05, 0) is 24.3 Å². The molecule has 0 amide bonds. The van der Waals surface area contributed by atoms with Crippen molar-refractivity contribution in [1.82, 2.24) is 0 Å². The zero-order valence-corrected chi connectivity index (χ0v) is 15.0. The van der Waals surface area contributed by atoms with Gasteiger partial charge in [-0.3, -0.25) is 0 Å². The average molecular weight is 390 g/mol. The number of amidine groups is 2. The monoisotopic (exact) mass is 390 g/mol. The summed E-state index contributed by atoms with van der Waals surface area (Å²) in [7, 11) is -7.54. The number of sulfonamides is 2. The molecule has 0 atom stereocenters. The second kappa shape index (κ2) is 5.92. The van der Waals surface area contributed by atoms with E-state index in [1.807, 2.05) is 0 Å². The molecular weight excluding hydrogens is 376 g/mol. The molecule has 2 aliphatic heterocycles. The van der Waals surface area contributed by atoms with Gasteiger partial charge < -0.3 is 10.6 Å². The standard InChI is InChI=1S/C16H14N4O4S2/c21-25(22)13-7-3-1-5-11(13)17-15(19-25)9-10-16-18-12-6-2-4-8-14(12)26(23,24)20-16/h1-8H,9-10H2,(H,17,19)(H,18,20). The summed E-state index contributed by atoms with van der Waals surface area (Å²) in [5.41, 5.74) is 0.906. The lowest BCUT2D eigenvalue weighted by Crippen LogP contribution is -2.25. The smallest absolute Gasteiger partial charge is 0.286 e. The van der Waals surface area contributed by atoms with Gasteiger partial charge in [0.2, 0.25) is 0 Å². The van der Waals surface area contributed by atoms with Crippen LogP contribution < -0.4 is 10.6 Å². The fourth-order valence-corrected chi connectivity index (χ4v) is 5.13. The van der Waals surface area contributed by atoms with Gasteiger partial charge >= 0.3 is 0 Å². The highest BCUT2D eigenvalue weighted by atomic mass is 32.2. The number of nitrogens with one attached hydrogen (secondary N) is 2. The maximum atomic E-state index is 12.2. The van der Waals surface area contributed by atoms with Crippen LogP contribution >= 0.6 is 0 Å². The van der Waals surface area contributed by atoms with Gasteiger partial charge in [0.25, 0.3) is 20.0 Å². The van der Waals surface area contributed by atoms with Crippen LogP contribution in [0.15, 0.2) is 67.1 Å². The fourth-order valence-electron chi connectivity index (χ4n) is 2.79. The summed E-state index contributed by atoms with van der Waals surface area (Å²) in [4.78, 5) is 0.238. The highest BCUT2D eigenvalue weighted by molar-refractivity contribution is 7.90. The normalized spacial score (nSPS) is 19.1. The maximum Gasteiger partial charge on any atom is 0.286 e. The largest absolute Gasteiger partial charge is 0.342 e. The minimum atomic E-state index is -3.77. The molecule has 8 nitrogen and oxygen atoms in total. The molecule has 0 aliphatic carbocycles. The van der Waals surface area contributed by atoms with E-state index in [1.54, 1.807) is 36.4 Å². The molecule has 0 fully saturated rings. The van der Waals surface area contributed by atoms with Gasteiger partial charge in [-0.1, -0.05) is 24.3 Å². The fraction of sp³-hybridized carbons (Fsp3) is 0.125. The lowest BCUT2D eigenvalue weighted by atomic mass is 10.2. The lowest BCUT2D eigenvalue weighted by Gasteiger charge is -2.20. The van der Waals surface area contributed by atoms with Crippen LogP contribution in [0.1, 0.15) is 12.8 Å². The molecule has 0 radical (unpaired) electrons. The Balaban J connectivity index is 1.56. The molecule has 0 unspecified atom stereocenters. The molecule has 2 heterocycles. The maximum absolute atomic E-state index is 12.2. The van der Waals surface area contributed by atoms with Crippen molar-refractivity contribution in [2.45, 2.75) is 22.6 Å². The number of benzene rings is 2. The van der Waals surface area contributed by atoms with E-state index in [0.29, 0.717) is 11.4 Å². The molecule has 2 aliphatic rings. The van der Waals surface area contributed by atoms with Crippen molar-refractivity contribution in [2.75, 3.05) is 10.6 Å². The molecule has 0 saturated heterocycles. The van der Waals surface area contributed by atoms with E-state index in [2.05, 4.69) is 19.4 Å². The first-order valence-electron chi connectivity index (χ1n) is 7.75. The topological polar surface area (TPSA) is 117 Å². The molecule has 0 aromatic heterocycles. The first-order chi connectivity index (χ1) is 12.4. The van der Waals surface area contributed by atoms with E-state index < -0.39 is 20.0 Å². The van der Waals surface area contributed by atoms with Crippen molar-refractivity contribution in [2.24, 2.45) is 8.80 Å². The highest BCUT2D eigenvalue weighted by Gasteiger charge is 2.26. The van der Waals surface area contributed by atoms with Gasteiger partial charge in [-0.2, -0.15) is 16.8 Å². The molecule has 0 bridgehead atoms. The molecule has 134 valence electrons. The van der Waals surface area contributed by atoms with E-state index in [0.717, 1.165) is 0 Å². The van der Waals surface area contributed by atoms with Crippen molar-refractivity contribution >= 4 is 43.1 Å². The van der Waals surface area contributed by atoms with Crippen LogP contribution in [0, 0.1) is 0 Å². The van der Waals surface area contributed by atoms with Gasteiger partial charge in [0.05, 0.1) is 11.4 Å². The summed E-state index contributed by atoms with van der Waals surface area (Å²) < 4.78 is 56.5. The molecule has 0 spiro atoms. The molecule has 2 N–H and O–H groups in total. The predicted octanol–water partition coefficient (Wildman–Crippen LogP) is 2.19. The van der Waals surface area contributed by atoms with Gasteiger partial charge in [-0.15, -0.1) is 8.80 Å². The third kappa shape index (κ3) is 2.97. The van der Waals surface area contributed by atoms with Gasteiger partial charge in [-0.25, -0.2) is 0 Å². The predicted molar refractivity (Wildman–Crippen MR) is 98.6 cm³/mol. The first-order valence-corrected chi connectivity index (χ1v) is 10.6. The third-order valence-corrected chi connectivity index (χ3v) is 6.69. The summed E-state index contributed by atoms with van der Waals surface area (Å²) in [5, 5.41) is 5.94. The van der Waals surface area contributed by atoms with E-state index in [1.165, 1.54) is 12.1 Å². The van der Waals surface area contributed by atoms with E-state index in [-0.39, 0.29) is 34.3 Å². The second-order valence-electron chi connectivity index (χ2n) is 5.77. The van der Waals surface area contributed by atoms with Crippen molar-refractivity contribution in [3.63, 3.8) is 0 Å². The highest BCUT2D eigenvalue weighted by Crippen LogP contribution is 2.29. The number of anilines is 2. The lowest BCUT2D eigenvalue weighted by molar-refractivity contribution is 0.595. The number of rotatable bonds is 3. The molecular formula is C16H14N4O4S2. The number of nitrogens with zero attached hydrogens (tertiary/aromatic N) is 2. The molecule has 10 heteroatoms. The van der Waals surface area contributed by atoms with Crippen molar-refractivity contribution in [1.29, 1.82) is 0 Å². The summed E-state index contributed by atoms with van der Waals surface area (Å²) >= 11 is 0. The van der Waals surface area contributed by atoms with Crippen molar-refractivity contribution < 1.29 is 16.8 Å². The third-order valence-electron chi connectivity index (χ3n) is 3.95. The van der Waals surface area contributed by atoms with Crippen LogP contribution in [0.5, 0.6) is 0 Å². The Kier molecular flexibility index (Phi) is 3.81. The van der Waals surface area contributed by atoms with E-state index in [4.69, 9.17) is 0 Å². The van der Waals surface area contributed by atoms with Gasteiger partial charge in [0.1, 0.15) is 21.5 Å². The van der Waals surface area contributed by atoms with Crippen LogP contribution in [0.3, 0.4) is 0 Å². The summed E-state index contributed by atoms with van der Waals surface area (Å²) in [6.45, 7) is 0. The molecule has 26 heavy (non-hydrogen) atoms. The average Bonchev–Trinajstić information content (AvgIpc) is 2.59. The Bertz CT molecular complexity index is 1070. The quantitative estimate of drug-likeness (QED) is 0.830. The van der Waals surface area contributed by atoms with Crippen LogP contribution in [0.25, 0.3) is 0 Å². The number of hydrogen-bond acceptors (Lipinski definition) is 6.